The number of hydrogen-bond acceptors (Lipinski definition) is 6. The van der Waals surface area contributed by atoms with Gasteiger partial charge in [-0.25, -0.2) is 4.98 Å². The molecular formula is C24H28N6O4. The highest BCUT2D eigenvalue weighted by Gasteiger charge is 2.27. The third-order valence-electron chi connectivity index (χ3n) is 6.59. The zero-order valence-corrected chi connectivity index (χ0v) is 19.1. The van der Waals surface area contributed by atoms with Gasteiger partial charge >= 0.3 is 0 Å². The molecule has 4 heterocycles. The van der Waals surface area contributed by atoms with Crippen LogP contribution in [0.3, 0.4) is 0 Å². The van der Waals surface area contributed by atoms with Gasteiger partial charge in [0, 0.05) is 62.7 Å². The van der Waals surface area contributed by atoms with Crippen LogP contribution in [-0.4, -0.2) is 75.4 Å². The summed E-state index contributed by atoms with van der Waals surface area (Å²) in [5, 5.41) is 3.26. The van der Waals surface area contributed by atoms with E-state index >= 15 is 0 Å². The zero-order valence-electron chi connectivity index (χ0n) is 19.1. The monoisotopic (exact) mass is 464 g/mol. The van der Waals surface area contributed by atoms with E-state index in [4.69, 9.17) is 9.72 Å². The Hall–Kier alpha value is -3.66. The highest BCUT2D eigenvalue weighted by atomic mass is 16.5. The van der Waals surface area contributed by atoms with Gasteiger partial charge in [-0.05, 0) is 37.1 Å². The lowest BCUT2D eigenvalue weighted by Gasteiger charge is -2.30. The van der Waals surface area contributed by atoms with E-state index in [2.05, 4.69) is 10.3 Å². The third-order valence-corrected chi connectivity index (χ3v) is 6.59. The van der Waals surface area contributed by atoms with Crippen molar-refractivity contribution in [1.82, 2.24) is 24.2 Å². The molecule has 0 radical (unpaired) electrons. The summed E-state index contributed by atoms with van der Waals surface area (Å²) in [6.07, 6.45) is 5.01. The maximum Gasteiger partial charge on any atom is 0.276 e. The van der Waals surface area contributed by atoms with E-state index in [1.165, 1.54) is 0 Å². The molecule has 34 heavy (non-hydrogen) atoms. The van der Waals surface area contributed by atoms with Crippen molar-refractivity contribution in [2.45, 2.75) is 25.7 Å². The molecule has 0 unspecified atom stereocenters. The number of fused-ring (bicyclic) bond motifs is 1. The molecule has 2 saturated heterocycles. The van der Waals surface area contributed by atoms with Gasteiger partial charge in [0.05, 0.1) is 13.2 Å². The molecule has 0 bridgehead atoms. The Kier molecular flexibility index (Phi) is 6.06. The van der Waals surface area contributed by atoms with Gasteiger partial charge in [0.25, 0.3) is 11.5 Å². The number of carbonyl (C=O) groups is 2. The molecule has 178 valence electrons. The van der Waals surface area contributed by atoms with Gasteiger partial charge in [0.15, 0.2) is 11.3 Å². The smallest absolute Gasteiger partial charge is 0.276 e. The van der Waals surface area contributed by atoms with E-state index in [0.29, 0.717) is 56.3 Å². The predicted molar refractivity (Wildman–Crippen MR) is 126 cm³/mol. The van der Waals surface area contributed by atoms with Crippen molar-refractivity contribution in [1.29, 1.82) is 0 Å². The Morgan fingerprint density at radius 2 is 1.76 bits per heavy atom. The number of likely N-dealkylation sites (tertiary alicyclic amines) is 1. The van der Waals surface area contributed by atoms with E-state index in [0.717, 1.165) is 24.4 Å². The summed E-state index contributed by atoms with van der Waals surface area (Å²) >= 11 is 0. The Morgan fingerprint density at radius 3 is 2.44 bits per heavy atom. The second-order valence-electron chi connectivity index (χ2n) is 8.71. The standard InChI is InChI=1S/C24H28N6O4/c1-16(31)28-9-6-17(7-10-28)22-27-21(20-23(32)25-8-11-30(20)22)26-19-4-2-18(3-5-19)24(33)29-12-14-34-15-13-29/h2-5,8,11,17,26H,6-7,9-10,12-15H2,1H3,(H,25,32). The number of nitrogens with one attached hydrogen (secondary N) is 2. The number of hydrogen-bond donors (Lipinski definition) is 2. The average Bonchev–Trinajstić information content (AvgIpc) is 3.24. The second-order valence-corrected chi connectivity index (χ2v) is 8.71. The van der Waals surface area contributed by atoms with Crippen molar-refractivity contribution in [3.8, 4) is 0 Å². The fourth-order valence-corrected chi connectivity index (χ4v) is 4.68. The summed E-state index contributed by atoms with van der Waals surface area (Å²) in [6.45, 7) is 5.26. The number of rotatable bonds is 4. The number of amides is 2. The quantitative estimate of drug-likeness (QED) is 0.611. The number of carbonyl (C=O) groups excluding carboxylic acids is 2. The highest BCUT2D eigenvalue weighted by molar-refractivity contribution is 5.94. The molecule has 0 spiro atoms. The number of aromatic amines is 1. The Morgan fingerprint density at radius 1 is 1.06 bits per heavy atom. The number of benzene rings is 1. The molecular weight excluding hydrogens is 436 g/mol. The van der Waals surface area contributed by atoms with Crippen LogP contribution < -0.4 is 10.9 Å². The first kappa shape index (κ1) is 22.1. The minimum Gasteiger partial charge on any atom is -0.378 e. The van der Waals surface area contributed by atoms with E-state index in [1.54, 1.807) is 30.2 Å². The maximum atomic E-state index is 12.7. The van der Waals surface area contributed by atoms with Crippen LogP contribution in [0.5, 0.6) is 0 Å². The minimum absolute atomic E-state index is 0.0158. The number of aromatic nitrogens is 3. The first-order chi connectivity index (χ1) is 16.5. The van der Waals surface area contributed by atoms with E-state index in [1.807, 2.05) is 27.6 Å². The van der Waals surface area contributed by atoms with Crippen LogP contribution in [0.4, 0.5) is 11.5 Å². The van der Waals surface area contributed by atoms with Crippen molar-refractivity contribution in [3.63, 3.8) is 0 Å². The van der Waals surface area contributed by atoms with E-state index < -0.39 is 0 Å². The van der Waals surface area contributed by atoms with Gasteiger partial charge in [-0.1, -0.05) is 0 Å². The van der Waals surface area contributed by atoms with E-state index in [9.17, 15) is 14.4 Å². The molecule has 0 atom stereocenters. The lowest BCUT2D eigenvalue weighted by molar-refractivity contribution is -0.129. The normalized spacial score (nSPS) is 17.2. The van der Waals surface area contributed by atoms with Crippen LogP contribution in [0.2, 0.25) is 0 Å². The number of ether oxygens (including phenoxy) is 1. The zero-order chi connectivity index (χ0) is 23.7. The first-order valence-electron chi connectivity index (χ1n) is 11.6. The molecule has 0 aliphatic carbocycles. The van der Waals surface area contributed by atoms with Crippen LogP contribution in [0, 0.1) is 0 Å². The van der Waals surface area contributed by atoms with Gasteiger partial charge in [0.2, 0.25) is 5.91 Å². The van der Waals surface area contributed by atoms with Crippen LogP contribution in [0.25, 0.3) is 5.52 Å². The number of piperidine rings is 1. The molecule has 2 aromatic heterocycles. The molecule has 2 aliphatic heterocycles. The summed E-state index contributed by atoms with van der Waals surface area (Å²) in [5.41, 5.74) is 1.56. The number of imidazole rings is 1. The fourth-order valence-electron chi connectivity index (χ4n) is 4.68. The molecule has 10 heteroatoms. The van der Waals surface area contributed by atoms with Crippen LogP contribution in [0.15, 0.2) is 41.5 Å². The van der Waals surface area contributed by atoms with Crippen molar-refractivity contribution in [2.75, 3.05) is 44.7 Å². The highest BCUT2D eigenvalue weighted by Crippen LogP contribution is 2.31. The SMILES string of the molecule is CC(=O)N1CCC(c2nc(Nc3ccc(C(=O)N4CCOCC4)cc3)c3c(=O)[nH]ccn23)CC1. The lowest BCUT2D eigenvalue weighted by atomic mass is 9.96. The maximum absolute atomic E-state index is 12.7. The molecule has 10 nitrogen and oxygen atoms in total. The van der Waals surface area contributed by atoms with Gasteiger partial charge in [-0.15, -0.1) is 0 Å². The van der Waals surface area contributed by atoms with Gasteiger partial charge in [0.1, 0.15) is 5.82 Å². The predicted octanol–water partition coefficient (Wildman–Crippen LogP) is 1.96. The second kappa shape index (κ2) is 9.30. The molecule has 2 N–H and O–H groups in total. The van der Waals surface area contributed by atoms with Crippen molar-refractivity contribution in [3.05, 3.63) is 58.4 Å². The summed E-state index contributed by atoms with van der Waals surface area (Å²) in [4.78, 5) is 48.2. The molecule has 2 fully saturated rings. The summed E-state index contributed by atoms with van der Waals surface area (Å²) in [5.74, 6) is 1.50. The van der Waals surface area contributed by atoms with Gasteiger partial charge in [-0.2, -0.15) is 0 Å². The Balaban J connectivity index is 1.38. The van der Waals surface area contributed by atoms with Gasteiger partial charge in [-0.3, -0.25) is 18.8 Å². The molecule has 0 saturated carbocycles. The minimum atomic E-state index is -0.232. The molecule has 3 aromatic rings. The average molecular weight is 465 g/mol. The molecule has 5 rings (SSSR count). The number of morpholine rings is 1. The van der Waals surface area contributed by atoms with Crippen molar-refractivity contribution < 1.29 is 14.3 Å². The Bertz CT molecular complexity index is 1250. The topological polar surface area (TPSA) is 112 Å². The summed E-state index contributed by atoms with van der Waals surface area (Å²) in [7, 11) is 0. The summed E-state index contributed by atoms with van der Waals surface area (Å²) < 4.78 is 7.16. The third kappa shape index (κ3) is 4.28. The van der Waals surface area contributed by atoms with Crippen molar-refractivity contribution >= 4 is 28.8 Å². The van der Waals surface area contributed by atoms with Crippen molar-refractivity contribution in [2.24, 2.45) is 0 Å². The van der Waals surface area contributed by atoms with Crippen LogP contribution in [-0.2, 0) is 9.53 Å². The Labute approximate surface area is 196 Å². The van der Waals surface area contributed by atoms with Crippen LogP contribution >= 0.6 is 0 Å². The molecule has 2 amide bonds. The van der Waals surface area contributed by atoms with E-state index in [-0.39, 0.29) is 23.3 Å². The fraction of sp³-hybridized carbons (Fsp3) is 0.417. The number of anilines is 2. The van der Waals surface area contributed by atoms with Crippen LogP contribution in [0.1, 0.15) is 41.9 Å². The molecule has 1 aromatic carbocycles. The largest absolute Gasteiger partial charge is 0.378 e. The number of H-pyrrole nitrogens is 1. The number of nitrogens with zero attached hydrogens (tertiary/aromatic N) is 4. The summed E-state index contributed by atoms with van der Waals surface area (Å²) in [6, 6.07) is 7.20. The lowest BCUT2D eigenvalue weighted by Crippen LogP contribution is -2.40. The first-order valence-corrected chi connectivity index (χ1v) is 11.6. The van der Waals surface area contributed by atoms with Gasteiger partial charge < -0.3 is 24.8 Å². The molecule has 2 aliphatic rings.